The number of rotatable bonds is 0. The van der Waals surface area contributed by atoms with E-state index in [2.05, 4.69) is 6.07 Å². The van der Waals surface area contributed by atoms with E-state index >= 15 is 0 Å². The van der Waals surface area contributed by atoms with Crippen molar-refractivity contribution >= 4 is 22.6 Å². The first-order valence-electron chi connectivity index (χ1n) is 2.74. The van der Waals surface area contributed by atoms with Gasteiger partial charge in [0.2, 0.25) is 0 Å². The molecule has 0 fully saturated rings. The second kappa shape index (κ2) is 3.00. The summed E-state index contributed by atoms with van der Waals surface area (Å²) < 4.78 is 36.4. The smallest absolute Gasteiger partial charge is 0.166 e. The molecule has 0 atom stereocenters. The molecule has 0 saturated carbocycles. The summed E-state index contributed by atoms with van der Waals surface area (Å²) in [7, 11) is 0. The van der Waals surface area contributed by atoms with Crippen LogP contribution in [0.4, 0.5) is 13.2 Å². The van der Waals surface area contributed by atoms with Gasteiger partial charge in [-0.15, -0.1) is 0 Å². The zero-order valence-electron chi connectivity index (χ0n) is 5.24. The largest absolute Gasteiger partial charge is 0.417 e. The first-order chi connectivity index (χ1) is 5.00. The van der Waals surface area contributed by atoms with Gasteiger partial charge >= 0.3 is 6.18 Å². The van der Waals surface area contributed by atoms with Gasteiger partial charge in [-0.3, -0.25) is 0 Å². The van der Waals surface area contributed by atoms with E-state index in [1.807, 2.05) is 22.6 Å². The molecule has 0 unspecified atom stereocenters. The molecule has 4 heteroatoms. The third-order valence-corrected chi connectivity index (χ3v) is 1.74. The zero-order chi connectivity index (χ0) is 8.48. The lowest BCUT2D eigenvalue weighted by atomic mass is 10.2. The maximum atomic E-state index is 11.9. The maximum absolute atomic E-state index is 11.9. The van der Waals surface area contributed by atoms with Crippen molar-refractivity contribution in [3.63, 3.8) is 0 Å². The zero-order valence-corrected chi connectivity index (χ0v) is 7.40. The van der Waals surface area contributed by atoms with Gasteiger partial charge in [0, 0.05) is 3.57 Å². The summed E-state index contributed by atoms with van der Waals surface area (Å²) >= 11 is 1.83. The van der Waals surface area contributed by atoms with E-state index in [0.29, 0.717) is 3.57 Å². The van der Waals surface area contributed by atoms with Crippen LogP contribution in [0.3, 0.4) is 0 Å². The molecule has 0 aromatic heterocycles. The van der Waals surface area contributed by atoms with Crippen molar-refractivity contribution in [3.05, 3.63) is 33.4 Å². The molecule has 11 heavy (non-hydrogen) atoms. The van der Waals surface area contributed by atoms with Crippen molar-refractivity contribution in [2.24, 2.45) is 0 Å². The number of halogens is 4. The minimum atomic E-state index is -4.28. The second-order valence-corrected chi connectivity index (χ2v) is 3.16. The normalized spacial score (nSPS) is 11.6. The topological polar surface area (TPSA) is 0 Å². The first-order valence-corrected chi connectivity index (χ1v) is 3.82. The van der Waals surface area contributed by atoms with Crippen molar-refractivity contribution < 1.29 is 13.2 Å². The predicted octanol–water partition coefficient (Wildman–Crippen LogP) is 3.11. The Morgan fingerprint density at radius 3 is 2.36 bits per heavy atom. The third kappa shape index (κ3) is 2.36. The van der Waals surface area contributed by atoms with Crippen molar-refractivity contribution in [1.29, 1.82) is 0 Å². The molecule has 0 heterocycles. The van der Waals surface area contributed by atoms with Crippen molar-refractivity contribution in [2.75, 3.05) is 0 Å². The van der Waals surface area contributed by atoms with Crippen molar-refractivity contribution in [2.45, 2.75) is 6.18 Å². The molecule has 59 valence electrons. The van der Waals surface area contributed by atoms with Crippen LogP contribution in [0.2, 0.25) is 0 Å². The summed E-state index contributed by atoms with van der Waals surface area (Å²) in [6, 6.07) is 6.01. The van der Waals surface area contributed by atoms with Gasteiger partial charge in [-0.2, -0.15) is 13.2 Å². The van der Waals surface area contributed by atoms with Crippen LogP contribution in [0.15, 0.2) is 18.2 Å². The lowest BCUT2D eigenvalue weighted by molar-refractivity contribution is -0.137. The molecule has 0 N–H and O–H groups in total. The lowest BCUT2D eigenvalue weighted by Gasteiger charge is -2.04. The average molecular weight is 271 g/mol. The molecule has 1 radical (unpaired) electrons. The molecule has 0 spiro atoms. The van der Waals surface area contributed by atoms with E-state index in [-0.39, 0.29) is 0 Å². The summed E-state index contributed by atoms with van der Waals surface area (Å²) in [5.41, 5.74) is -0.718. The minimum Gasteiger partial charge on any atom is -0.166 e. The van der Waals surface area contributed by atoms with Crippen LogP contribution in [0.25, 0.3) is 0 Å². The summed E-state index contributed by atoms with van der Waals surface area (Å²) in [5.74, 6) is 0. The molecular formula is C7H3F3I. The first kappa shape index (κ1) is 8.83. The Balaban J connectivity index is 3.06. The second-order valence-electron chi connectivity index (χ2n) is 1.92. The lowest BCUT2D eigenvalue weighted by Crippen LogP contribution is -2.04. The van der Waals surface area contributed by atoms with E-state index in [0.717, 1.165) is 6.07 Å². The van der Waals surface area contributed by atoms with E-state index in [9.17, 15) is 13.2 Å². The van der Waals surface area contributed by atoms with Crippen LogP contribution >= 0.6 is 22.6 Å². The van der Waals surface area contributed by atoms with Gasteiger partial charge in [0.15, 0.2) is 0 Å². The van der Waals surface area contributed by atoms with Gasteiger partial charge in [-0.1, -0.05) is 6.07 Å². The summed E-state index contributed by atoms with van der Waals surface area (Å²) in [5, 5.41) is 0. The molecule has 1 rings (SSSR count). The SMILES string of the molecule is FC(F)(F)c1[c]ccc(I)c1. The molecule has 1 aromatic rings. The van der Waals surface area contributed by atoms with E-state index in [4.69, 9.17) is 0 Å². The van der Waals surface area contributed by atoms with E-state index in [1.165, 1.54) is 6.07 Å². The molecule has 0 nitrogen and oxygen atoms in total. The summed E-state index contributed by atoms with van der Waals surface area (Å²) in [6.07, 6.45) is -4.28. The molecule has 0 aliphatic carbocycles. The van der Waals surface area contributed by atoms with Crippen LogP contribution < -0.4 is 0 Å². The van der Waals surface area contributed by atoms with E-state index in [1.54, 1.807) is 6.07 Å². The fraction of sp³-hybridized carbons (Fsp3) is 0.143. The summed E-state index contributed by atoms with van der Waals surface area (Å²) in [4.78, 5) is 0. The number of hydrogen-bond donors (Lipinski definition) is 0. The number of benzene rings is 1. The van der Waals surface area contributed by atoms with Crippen LogP contribution in [0, 0.1) is 9.64 Å². The van der Waals surface area contributed by atoms with Crippen LogP contribution in [-0.2, 0) is 6.18 Å². The molecule has 0 saturated heterocycles. The van der Waals surface area contributed by atoms with Gasteiger partial charge in [-0.25, -0.2) is 0 Å². The molecule has 0 aliphatic rings. The summed E-state index contributed by atoms with van der Waals surface area (Å²) in [6.45, 7) is 0. The van der Waals surface area contributed by atoms with Gasteiger partial charge in [0.25, 0.3) is 0 Å². The molecule has 0 amide bonds. The molecule has 0 bridgehead atoms. The number of alkyl halides is 3. The highest BCUT2D eigenvalue weighted by Crippen LogP contribution is 2.29. The van der Waals surface area contributed by atoms with Gasteiger partial charge < -0.3 is 0 Å². The standard InChI is InChI=1S/C7H3F3I/c8-7(9,10)5-2-1-3-6(11)4-5/h1,3-4H. The fourth-order valence-electron chi connectivity index (χ4n) is 0.602. The minimum absolute atomic E-state index is 0.564. The Morgan fingerprint density at radius 1 is 1.36 bits per heavy atom. The molecular weight excluding hydrogens is 268 g/mol. The van der Waals surface area contributed by atoms with Crippen LogP contribution in [-0.4, -0.2) is 0 Å². The van der Waals surface area contributed by atoms with Crippen LogP contribution in [0.1, 0.15) is 5.56 Å². The third-order valence-electron chi connectivity index (χ3n) is 1.07. The Labute approximate surface area is 75.6 Å². The Morgan fingerprint density at radius 2 is 2.00 bits per heavy atom. The predicted molar refractivity (Wildman–Crippen MR) is 43.0 cm³/mol. The quantitative estimate of drug-likeness (QED) is 0.636. The fourth-order valence-corrected chi connectivity index (χ4v) is 1.09. The van der Waals surface area contributed by atoms with Crippen molar-refractivity contribution in [3.8, 4) is 0 Å². The van der Waals surface area contributed by atoms with Gasteiger partial charge in [0.1, 0.15) is 0 Å². The highest BCUT2D eigenvalue weighted by Gasteiger charge is 2.30. The monoisotopic (exact) mass is 271 g/mol. The van der Waals surface area contributed by atoms with E-state index < -0.39 is 11.7 Å². The van der Waals surface area contributed by atoms with Gasteiger partial charge in [-0.05, 0) is 40.8 Å². The Bertz CT molecular complexity index is 254. The maximum Gasteiger partial charge on any atom is 0.417 e. The van der Waals surface area contributed by atoms with Crippen molar-refractivity contribution in [1.82, 2.24) is 0 Å². The highest BCUT2D eigenvalue weighted by atomic mass is 127. The number of hydrogen-bond acceptors (Lipinski definition) is 0. The Kier molecular flexibility index (Phi) is 2.41. The molecule has 0 aliphatic heterocycles. The Hall–Kier alpha value is -0.260. The van der Waals surface area contributed by atoms with Crippen LogP contribution in [0.5, 0.6) is 0 Å². The molecule has 1 aromatic carbocycles. The highest BCUT2D eigenvalue weighted by molar-refractivity contribution is 14.1. The van der Waals surface area contributed by atoms with Gasteiger partial charge in [0.05, 0.1) is 5.56 Å². The average Bonchev–Trinajstić information content (AvgIpc) is 1.86.